The van der Waals surface area contributed by atoms with Gasteiger partial charge < -0.3 is 89.4 Å². The van der Waals surface area contributed by atoms with E-state index in [1.54, 1.807) is 7.11 Å². The van der Waals surface area contributed by atoms with Crippen molar-refractivity contribution in [3.05, 3.63) is 311 Å². The molecular formula is C113H148N6O19Si3. The van der Waals surface area contributed by atoms with Gasteiger partial charge in [-0.25, -0.2) is 0 Å². The van der Waals surface area contributed by atoms with E-state index in [0.29, 0.717) is 0 Å². The van der Waals surface area contributed by atoms with Crippen LogP contribution in [-0.4, -0.2) is 198 Å². The van der Waals surface area contributed by atoms with E-state index in [2.05, 4.69) is 249 Å². The predicted molar refractivity (Wildman–Crippen MR) is 552 cm³/mol. The minimum atomic E-state index is -3.41. The lowest BCUT2D eigenvalue weighted by Crippen LogP contribution is -2.68. The number of aliphatic hydroxyl groups excluding tert-OH is 1. The van der Waals surface area contributed by atoms with E-state index in [9.17, 15) is 16.2 Å². The Labute approximate surface area is 837 Å². The Morgan fingerprint density at radius 3 is 0.794 bits per heavy atom. The van der Waals surface area contributed by atoms with Crippen LogP contribution in [0.1, 0.15) is 148 Å². The molecule has 0 aliphatic carbocycles. The molecule has 6 aliphatic heterocycles. The normalized spacial score (nSPS) is 31.9. The highest BCUT2D eigenvalue weighted by Gasteiger charge is 2.61. The minimum Gasteiger partial charge on any atom is -0.405 e. The number of ether oxygens (including phenoxy) is 15. The maximum atomic E-state index is 11.9. The molecule has 141 heavy (non-hydrogen) atoms. The second-order valence-corrected chi connectivity index (χ2v) is 55.5. The highest BCUT2D eigenvalue weighted by atomic mass is 28.4. The van der Waals surface area contributed by atoms with E-state index < -0.39 is 206 Å². The van der Waals surface area contributed by atoms with Gasteiger partial charge in [-0.15, -0.1) is 0 Å². The highest BCUT2D eigenvalue weighted by Crippen LogP contribution is 2.48. The summed E-state index contributed by atoms with van der Waals surface area (Å²) in [6.07, 6.45) is -18.4. The topological polar surface area (TPSA) is 284 Å². The van der Waals surface area contributed by atoms with Gasteiger partial charge in [-0.2, -0.15) is 0 Å². The molecule has 30 atom stereocenters. The predicted octanol–water partition coefficient (Wildman–Crippen LogP) is 18.6. The van der Waals surface area contributed by atoms with E-state index in [0.717, 1.165) is 47.8 Å². The Kier molecular flexibility index (Phi) is 35.8. The van der Waals surface area contributed by atoms with Crippen LogP contribution in [0.5, 0.6) is 0 Å². The van der Waals surface area contributed by atoms with Crippen LogP contribution in [0, 0.1) is 41.4 Å². The molecule has 1 N–H and O–H groups in total. The SMILES string of the molecule is CO[C@H]1OC(CO[Si](c2ccccc2)(c2ccccc2)C(C)(C)C)[C@H](O[C@@H]2OC(C)[C@@H](O[C@H]3OC(CO[Si](c4ccccc4)(c4ccccc4)C(C)(C)C)[C@H](O[C@@H]4OC(C)[C@@H](O[C@H]5OC(CO[Si](c6ccccc6)(c6ccccc6)C(C)(C)C)[C@H](O[C@@H]6OC(C)[C@@H](O)[C@@H](OCc7ccccc7)C6C)[C@H](C)C5N=[N+]=[N-])[C@@H](OCc5ccccc5)C4C)[C@H](C)C3N=[N+]=[N-])[C@@H](OCc3ccccc3)C2C)[C@H](C)C1C. The molecule has 6 heterocycles. The van der Waals surface area contributed by atoms with Crippen molar-refractivity contribution in [1.29, 1.82) is 0 Å². The van der Waals surface area contributed by atoms with Crippen LogP contribution in [-0.2, 0) is 104 Å². The molecule has 756 valence electrons. The molecule has 0 saturated carbocycles. The molecule has 0 radical (unpaired) electrons. The maximum Gasteiger partial charge on any atom is 0.261 e. The standard InChI is InChI=1S/C113H148N6O19Si3/c1-72-73(2)105(121-20)131-91(69-125-139(111(11,12)13,85-54-36-24-37-55-85)86-56-38-25-39-57-86)97(72)134-107-77(6)101(123-67-83-50-32-22-33-51-83)103(80(9)129-107)137-110-95(117-119-115)75(4)99(93(133-110)71-127-141(113(17,18)19,89-62-44-28-45-63-89)90-64-46-29-47-65-90)136-108-78(7)102(124-68-84-52-34-23-35-53-84)104(81(10)130-108)138-109-94(116-118-114)74(3)98(135-106-76(5)100(96(120)79(8)128-106)122-66-82-48-30-21-31-49-82)92(132-109)70-126-140(112(14,15)16,87-58-40-26-41-59-87)88-60-42-27-43-61-88/h21-65,72-81,91-110,120H,66-71H2,1-20H3/t72-,73?,74-,75-,76?,77?,78?,79?,80?,81?,91?,92?,93?,94?,95?,96-,97-,98-,99-,100+,101+,102+,103-,104-,105+,106+,107+,108+,109-,110-/m1/s1. The van der Waals surface area contributed by atoms with Crippen molar-refractivity contribution in [1.82, 2.24) is 0 Å². The molecule has 25 nitrogen and oxygen atoms in total. The zero-order chi connectivity index (χ0) is 100. The van der Waals surface area contributed by atoms with Gasteiger partial charge in [-0.1, -0.05) is 394 Å². The molecule has 9 aromatic rings. The fraction of sp³-hybridized carbons (Fsp3) is 0.522. The second kappa shape index (κ2) is 47.3. The van der Waals surface area contributed by atoms with Crippen LogP contribution in [0.4, 0.5) is 0 Å². The fourth-order valence-corrected chi connectivity index (χ4v) is 36.1. The summed E-state index contributed by atoms with van der Waals surface area (Å²) in [6.45, 7) is 41.0. The van der Waals surface area contributed by atoms with Crippen LogP contribution in [0.2, 0.25) is 15.1 Å². The van der Waals surface area contributed by atoms with Crippen molar-refractivity contribution in [3.63, 3.8) is 0 Å². The average Bonchev–Trinajstić information content (AvgIpc) is 0.731. The zero-order valence-corrected chi connectivity index (χ0v) is 88.5. The van der Waals surface area contributed by atoms with Crippen molar-refractivity contribution in [2.45, 2.75) is 308 Å². The van der Waals surface area contributed by atoms with Gasteiger partial charge in [-0.05, 0) is 113 Å². The largest absolute Gasteiger partial charge is 0.405 e. The smallest absolute Gasteiger partial charge is 0.261 e. The number of benzene rings is 9. The lowest BCUT2D eigenvalue weighted by molar-refractivity contribution is -0.370. The van der Waals surface area contributed by atoms with Gasteiger partial charge in [0.25, 0.3) is 25.0 Å². The van der Waals surface area contributed by atoms with Gasteiger partial charge in [0.2, 0.25) is 0 Å². The van der Waals surface area contributed by atoms with Crippen molar-refractivity contribution in [3.8, 4) is 0 Å². The van der Waals surface area contributed by atoms with E-state index in [4.69, 9.17) is 84.3 Å². The Balaban J connectivity index is 0.768. The van der Waals surface area contributed by atoms with E-state index in [1.807, 2.05) is 176 Å². The average molecular weight is 1980 g/mol. The molecule has 12 unspecified atom stereocenters. The maximum absolute atomic E-state index is 11.9. The van der Waals surface area contributed by atoms with Gasteiger partial charge in [-0.3, -0.25) is 0 Å². The Hall–Kier alpha value is -8.51. The highest BCUT2D eigenvalue weighted by molar-refractivity contribution is 7.00. The molecule has 6 aliphatic rings. The molecule has 6 fully saturated rings. The molecule has 6 saturated heterocycles. The van der Waals surface area contributed by atoms with E-state index >= 15 is 0 Å². The number of rotatable bonds is 37. The lowest BCUT2D eigenvalue weighted by atomic mass is 9.84. The Morgan fingerprint density at radius 1 is 0.284 bits per heavy atom. The molecule has 9 aromatic carbocycles. The number of aliphatic hydroxyl groups is 1. The fourth-order valence-electron chi connectivity index (χ4n) is 22.4. The molecule has 0 spiro atoms. The van der Waals surface area contributed by atoms with E-state index in [1.165, 1.54) is 0 Å². The summed E-state index contributed by atoms with van der Waals surface area (Å²) in [5, 5.41) is 26.4. The van der Waals surface area contributed by atoms with Crippen molar-refractivity contribution in [2.75, 3.05) is 26.9 Å². The quantitative estimate of drug-likeness (QED) is 0.0164. The first kappa shape index (κ1) is 107. The summed E-state index contributed by atoms with van der Waals surface area (Å²) >= 11 is 0. The number of azide groups is 2. The van der Waals surface area contributed by atoms with Gasteiger partial charge in [0.05, 0.1) is 107 Å². The van der Waals surface area contributed by atoms with Crippen molar-refractivity contribution < 1.29 is 89.4 Å². The second-order valence-electron chi connectivity index (χ2n) is 42.6. The van der Waals surface area contributed by atoms with Gasteiger partial charge in [0, 0.05) is 40.6 Å². The summed E-state index contributed by atoms with van der Waals surface area (Å²) in [4.78, 5) is 7.15. The summed E-state index contributed by atoms with van der Waals surface area (Å²) in [7, 11) is -8.18. The van der Waals surface area contributed by atoms with Crippen LogP contribution in [0.15, 0.2) is 283 Å². The van der Waals surface area contributed by atoms with Crippen molar-refractivity contribution >= 4 is 56.1 Å². The summed E-state index contributed by atoms with van der Waals surface area (Å²) in [5.74, 6) is -3.31. The number of hydrogen-bond donors (Lipinski definition) is 1. The first-order valence-corrected chi connectivity index (χ1v) is 56.2. The Morgan fingerprint density at radius 2 is 0.525 bits per heavy atom. The monoisotopic (exact) mass is 1980 g/mol. The van der Waals surface area contributed by atoms with E-state index in [-0.39, 0.29) is 56.5 Å². The first-order valence-electron chi connectivity index (χ1n) is 50.5. The molecule has 0 bridgehead atoms. The molecule has 0 amide bonds. The summed E-state index contributed by atoms with van der Waals surface area (Å²) in [5.41, 5.74) is 24.8. The third-order valence-corrected chi connectivity index (χ3v) is 45.3. The zero-order valence-electron chi connectivity index (χ0n) is 85.5. The molecule has 0 aromatic heterocycles. The number of nitrogens with zero attached hydrogens (tertiary/aromatic N) is 6. The van der Waals surface area contributed by atoms with Crippen LogP contribution in [0.3, 0.4) is 0 Å². The van der Waals surface area contributed by atoms with Crippen LogP contribution < -0.4 is 31.1 Å². The van der Waals surface area contributed by atoms with Gasteiger partial charge >= 0.3 is 0 Å². The molecular weight excluding hydrogens is 1830 g/mol. The first-order chi connectivity index (χ1) is 67.7. The van der Waals surface area contributed by atoms with Crippen molar-refractivity contribution in [2.24, 2.45) is 51.7 Å². The summed E-state index contributed by atoms with van der Waals surface area (Å²) < 4.78 is 133. The van der Waals surface area contributed by atoms with Gasteiger partial charge in [0.1, 0.15) is 36.6 Å². The minimum absolute atomic E-state index is 0.0135. The Bertz CT molecular complexity index is 5320. The number of methoxy groups -OCH3 is 1. The third kappa shape index (κ3) is 23.3. The molecule has 15 rings (SSSR count). The molecule has 28 heteroatoms. The summed E-state index contributed by atoms with van der Waals surface area (Å²) in [6, 6.07) is 90.7. The lowest BCUT2D eigenvalue weighted by Gasteiger charge is -2.52. The third-order valence-electron chi connectivity index (χ3n) is 30.3. The van der Waals surface area contributed by atoms with Crippen LogP contribution >= 0.6 is 0 Å². The van der Waals surface area contributed by atoms with Gasteiger partial charge in [0.15, 0.2) is 37.7 Å². The number of hydrogen-bond acceptors (Lipinski definition) is 21. The van der Waals surface area contributed by atoms with Crippen LogP contribution in [0.25, 0.3) is 20.9 Å².